The fourth-order valence-corrected chi connectivity index (χ4v) is 4.22. The highest BCUT2D eigenvalue weighted by molar-refractivity contribution is 5.80. The Morgan fingerprint density at radius 2 is 1.92 bits per heavy atom. The van der Waals surface area contributed by atoms with Crippen LogP contribution in [0.2, 0.25) is 0 Å². The van der Waals surface area contributed by atoms with Crippen molar-refractivity contribution in [3.63, 3.8) is 0 Å². The van der Waals surface area contributed by atoms with Gasteiger partial charge in [-0.15, -0.1) is 0 Å². The molecule has 5 heteroatoms. The van der Waals surface area contributed by atoms with Crippen LogP contribution in [0.4, 0.5) is 0 Å². The molecule has 0 atom stereocenters. The lowest BCUT2D eigenvalue weighted by molar-refractivity contribution is 0.309. The topological polar surface area (TPSA) is 46.1 Å². The molecular formula is C20H31N3O2. The summed E-state index contributed by atoms with van der Waals surface area (Å²) in [5, 5.41) is 3.47. The van der Waals surface area contributed by atoms with Crippen molar-refractivity contribution in [2.24, 2.45) is 10.4 Å². The maximum absolute atomic E-state index is 5.39. The maximum Gasteiger partial charge on any atom is 0.194 e. The Kier molecular flexibility index (Phi) is 5.71. The van der Waals surface area contributed by atoms with E-state index in [-0.39, 0.29) is 0 Å². The first-order chi connectivity index (χ1) is 12.2. The summed E-state index contributed by atoms with van der Waals surface area (Å²) in [6.45, 7) is 5.95. The van der Waals surface area contributed by atoms with Crippen molar-refractivity contribution in [1.82, 2.24) is 10.2 Å². The number of ether oxygens (including phenoxy) is 2. The van der Waals surface area contributed by atoms with E-state index in [2.05, 4.69) is 23.2 Å². The number of guanidine groups is 1. The van der Waals surface area contributed by atoms with Crippen LogP contribution in [0.25, 0.3) is 0 Å². The summed E-state index contributed by atoms with van der Waals surface area (Å²) >= 11 is 0. The van der Waals surface area contributed by atoms with Gasteiger partial charge in [0.05, 0.1) is 20.8 Å². The second-order valence-corrected chi connectivity index (χ2v) is 7.24. The number of nitrogens with one attached hydrogen (secondary N) is 1. The van der Waals surface area contributed by atoms with Crippen LogP contribution >= 0.6 is 0 Å². The predicted octanol–water partition coefficient (Wildman–Crippen LogP) is 3.44. The largest absolute Gasteiger partial charge is 0.493 e. The Balaban J connectivity index is 1.70. The first-order valence-corrected chi connectivity index (χ1v) is 9.44. The minimum absolute atomic E-state index is 0.555. The van der Waals surface area contributed by atoms with E-state index < -0.39 is 0 Å². The van der Waals surface area contributed by atoms with Gasteiger partial charge >= 0.3 is 0 Å². The highest BCUT2D eigenvalue weighted by Crippen LogP contribution is 2.45. The van der Waals surface area contributed by atoms with Gasteiger partial charge in [-0.25, -0.2) is 4.99 Å². The van der Waals surface area contributed by atoms with Crippen LogP contribution in [0.1, 0.15) is 44.6 Å². The van der Waals surface area contributed by atoms with Gasteiger partial charge in [0.25, 0.3) is 0 Å². The van der Waals surface area contributed by atoms with Gasteiger partial charge in [-0.05, 0) is 49.3 Å². The zero-order valence-electron chi connectivity index (χ0n) is 15.8. The van der Waals surface area contributed by atoms with Gasteiger partial charge < -0.3 is 19.7 Å². The van der Waals surface area contributed by atoms with Gasteiger partial charge in [-0.2, -0.15) is 0 Å². The van der Waals surface area contributed by atoms with Crippen LogP contribution < -0.4 is 14.8 Å². The molecule has 0 unspecified atom stereocenters. The molecule has 0 aromatic heterocycles. The quantitative estimate of drug-likeness (QED) is 0.656. The molecule has 1 heterocycles. The molecule has 1 saturated heterocycles. The molecular weight excluding hydrogens is 314 g/mol. The average Bonchev–Trinajstić information content (AvgIpc) is 3.28. The lowest BCUT2D eigenvalue weighted by Crippen LogP contribution is -2.41. The zero-order chi connectivity index (χ0) is 17.7. The number of likely N-dealkylation sites (tertiary alicyclic amines) is 1. The first-order valence-electron chi connectivity index (χ1n) is 9.44. The van der Waals surface area contributed by atoms with E-state index in [1.165, 1.54) is 32.1 Å². The van der Waals surface area contributed by atoms with Crippen molar-refractivity contribution in [2.75, 3.05) is 33.9 Å². The highest BCUT2D eigenvalue weighted by Gasteiger charge is 2.41. The number of rotatable bonds is 5. The molecule has 1 aromatic rings. The fraction of sp³-hybridized carbons (Fsp3) is 0.650. The molecule has 1 aromatic carbocycles. The third-order valence-electron chi connectivity index (χ3n) is 5.60. The highest BCUT2D eigenvalue weighted by atomic mass is 16.5. The van der Waals surface area contributed by atoms with Crippen molar-refractivity contribution < 1.29 is 9.47 Å². The smallest absolute Gasteiger partial charge is 0.194 e. The number of aliphatic imine (C=N–C) groups is 1. The van der Waals surface area contributed by atoms with Gasteiger partial charge in [-0.1, -0.05) is 18.9 Å². The van der Waals surface area contributed by atoms with Crippen LogP contribution in [-0.4, -0.2) is 44.7 Å². The van der Waals surface area contributed by atoms with E-state index in [0.717, 1.165) is 42.7 Å². The summed E-state index contributed by atoms with van der Waals surface area (Å²) in [5.74, 6) is 2.55. The summed E-state index contributed by atoms with van der Waals surface area (Å²) in [4.78, 5) is 7.34. The Bertz CT molecular complexity index is 609. The zero-order valence-corrected chi connectivity index (χ0v) is 15.8. The summed E-state index contributed by atoms with van der Waals surface area (Å²) in [5.41, 5.74) is 1.68. The summed E-state index contributed by atoms with van der Waals surface area (Å²) in [6, 6.07) is 6.01. The van der Waals surface area contributed by atoms with Crippen molar-refractivity contribution in [2.45, 2.75) is 45.6 Å². The standard InChI is InChI=1S/C20H31N3O2/c1-4-21-19(23-12-11-20(15-23)9-5-6-10-20)22-14-16-7-8-17(24-2)18(13-16)25-3/h7-8,13H,4-6,9-12,14-15H2,1-3H3,(H,21,22). The lowest BCUT2D eigenvalue weighted by Gasteiger charge is -2.26. The third kappa shape index (κ3) is 4.02. The van der Waals surface area contributed by atoms with Crippen molar-refractivity contribution >= 4 is 5.96 Å². The number of hydrogen-bond donors (Lipinski definition) is 1. The van der Waals surface area contributed by atoms with E-state index in [1.54, 1.807) is 14.2 Å². The molecule has 0 bridgehead atoms. The molecule has 0 radical (unpaired) electrons. The molecule has 1 aliphatic carbocycles. The SMILES string of the molecule is CCNC(=NCc1ccc(OC)c(OC)c1)N1CCC2(CCCC2)C1. The second kappa shape index (κ2) is 7.98. The van der Waals surface area contributed by atoms with Crippen LogP contribution in [0.3, 0.4) is 0 Å². The van der Waals surface area contributed by atoms with E-state index >= 15 is 0 Å². The molecule has 2 aliphatic rings. The van der Waals surface area contributed by atoms with E-state index in [1.807, 2.05) is 12.1 Å². The number of nitrogens with zero attached hydrogens (tertiary/aromatic N) is 2. The molecule has 3 rings (SSSR count). The van der Waals surface area contributed by atoms with Crippen molar-refractivity contribution in [1.29, 1.82) is 0 Å². The lowest BCUT2D eigenvalue weighted by atomic mass is 9.86. The molecule has 2 fully saturated rings. The van der Waals surface area contributed by atoms with Gasteiger partial charge in [0.2, 0.25) is 0 Å². The molecule has 0 amide bonds. The van der Waals surface area contributed by atoms with Gasteiger partial charge in [0, 0.05) is 19.6 Å². The monoisotopic (exact) mass is 345 g/mol. The van der Waals surface area contributed by atoms with Crippen LogP contribution in [0.5, 0.6) is 11.5 Å². The summed E-state index contributed by atoms with van der Waals surface area (Å²) in [6.07, 6.45) is 6.88. The van der Waals surface area contributed by atoms with Crippen molar-refractivity contribution in [3.05, 3.63) is 23.8 Å². The average molecular weight is 345 g/mol. The van der Waals surface area contributed by atoms with Crippen LogP contribution in [-0.2, 0) is 6.54 Å². The Hall–Kier alpha value is -1.91. The van der Waals surface area contributed by atoms with Gasteiger partial charge in [0.15, 0.2) is 17.5 Å². The maximum atomic E-state index is 5.39. The number of methoxy groups -OCH3 is 2. The molecule has 1 aliphatic heterocycles. The van der Waals surface area contributed by atoms with E-state index in [9.17, 15) is 0 Å². The molecule has 138 valence electrons. The molecule has 5 nitrogen and oxygen atoms in total. The third-order valence-corrected chi connectivity index (χ3v) is 5.60. The Morgan fingerprint density at radius 1 is 1.16 bits per heavy atom. The Labute approximate surface area is 151 Å². The van der Waals surface area contributed by atoms with E-state index in [4.69, 9.17) is 14.5 Å². The van der Waals surface area contributed by atoms with Gasteiger partial charge in [-0.3, -0.25) is 0 Å². The van der Waals surface area contributed by atoms with E-state index in [0.29, 0.717) is 12.0 Å². The number of hydrogen-bond acceptors (Lipinski definition) is 3. The molecule has 1 N–H and O–H groups in total. The van der Waals surface area contributed by atoms with Crippen LogP contribution in [0, 0.1) is 5.41 Å². The Morgan fingerprint density at radius 3 is 2.60 bits per heavy atom. The van der Waals surface area contributed by atoms with Crippen molar-refractivity contribution in [3.8, 4) is 11.5 Å². The van der Waals surface area contributed by atoms with Gasteiger partial charge in [0.1, 0.15) is 0 Å². The molecule has 25 heavy (non-hydrogen) atoms. The predicted molar refractivity (Wildman–Crippen MR) is 101 cm³/mol. The number of benzene rings is 1. The second-order valence-electron chi connectivity index (χ2n) is 7.24. The fourth-order valence-electron chi connectivity index (χ4n) is 4.22. The minimum Gasteiger partial charge on any atom is -0.493 e. The van der Waals surface area contributed by atoms with Crippen LogP contribution in [0.15, 0.2) is 23.2 Å². The molecule has 1 spiro atoms. The summed E-state index contributed by atoms with van der Waals surface area (Å²) in [7, 11) is 3.32. The minimum atomic E-state index is 0.555. The first kappa shape index (κ1) is 17.9. The molecule has 1 saturated carbocycles. The normalized spacial score (nSPS) is 19.5. The summed E-state index contributed by atoms with van der Waals surface area (Å²) < 4.78 is 10.7.